The predicted molar refractivity (Wildman–Crippen MR) is 104 cm³/mol. The lowest BCUT2D eigenvalue weighted by Gasteiger charge is -2.08. The molecule has 0 aliphatic carbocycles. The van der Waals surface area contributed by atoms with Crippen LogP contribution in [0.2, 0.25) is 0 Å². The number of ether oxygens (including phenoxy) is 1. The fourth-order valence-corrected chi connectivity index (χ4v) is 3.22. The molecule has 1 aromatic carbocycles. The van der Waals surface area contributed by atoms with E-state index in [1.165, 1.54) is 29.7 Å². The standard InChI is InChI=1S/C17H12N4O5S2/c22-15(14-7-3-9-27-14)19-17(23)20-28-12-5-1-4-11(10-12)26-16-13(21(24)25)6-2-8-18-16/h1-10H,(H2,19,20,22,23). The van der Waals surface area contributed by atoms with E-state index in [1.54, 1.807) is 41.8 Å². The van der Waals surface area contributed by atoms with Crippen LogP contribution in [0.25, 0.3) is 0 Å². The molecule has 0 bridgehead atoms. The Bertz CT molecular complexity index is 1010. The van der Waals surface area contributed by atoms with Gasteiger partial charge in [-0.25, -0.2) is 9.78 Å². The second-order valence-electron chi connectivity index (χ2n) is 5.13. The number of rotatable bonds is 6. The molecule has 11 heteroatoms. The highest BCUT2D eigenvalue weighted by molar-refractivity contribution is 7.98. The number of carbonyl (C=O) groups excluding carboxylic acids is 2. The average molecular weight is 416 g/mol. The van der Waals surface area contributed by atoms with Crippen LogP contribution in [0.4, 0.5) is 10.5 Å². The molecule has 2 N–H and O–H groups in total. The third-order valence-electron chi connectivity index (χ3n) is 3.20. The SMILES string of the molecule is O=C(NSc1cccc(Oc2ncccc2[N+](=O)[O-])c1)NC(=O)c1cccs1. The van der Waals surface area contributed by atoms with Crippen LogP contribution in [-0.4, -0.2) is 21.8 Å². The van der Waals surface area contributed by atoms with Gasteiger partial charge in [-0.15, -0.1) is 11.3 Å². The summed E-state index contributed by atoms with van der Waals surface area (Å²) in [5.74, 6) is -0.321. The first-order chi connectivity index (χ1) is 13.5. The van der Waals surface area contributed by atoms with E-state index in [2.05, 4.69) is 15.0 Å². The highest BCUT2D eigenvalue weighted by Crippen LogP contribution is 2.30. The van der Waals surface area contributed by atoms with Crippen molar-refractivity contribution in [1.29, 1.82) is 0 Å². The number of benzene rings is 1. The van der Waals surface area contributed by atoms with Gasteiger partial charge >= 0.3 is 11.7 Å². The van der Waals surface area contributed by atoms with Gasteiger partial charge in [-0.2, -0.15) is 0 Å². The Balaban J connectivity index is 1.60. The van der Waals surface area contributed by atoms with Gasteiger partial charge in [0.2, 0.25) is 0 Å². The fourth-order valence-electron chi connectivity index (χ4n) is 2.02. The van der Waals surface area contributed by atoms with Crippen LogP contribution in [0.1, 0.15) is 9.67 Å². The first kappa shape index (κ1) is 19.3. The molecule has 28 heavy (non-hydrogen) atoms. The summed E-state index contributed by atoms with van der Waals surface area (Å²) >= 11 is 2.18. The number of nitrogens with zero attached hydrogens (tertiary/aromatic N) is 2. The molecular formula is C17H12N4O5S2. The minimum Gasteiger partial charge on any atom is -0.434 e. The molecule has 0 aliphatic rings. The average Bonchev–Trinajstić information content (AvgIpc) is 3.22. The van der Waals surface area contributed by atoms with Gasteiger partial charge in [0, 0.05) is 17.2 Å². The number of hydrogen-bond donors (Lipinski definition) is 2. The smallest absolute Gasteiger partial charge is 0.331 e. The third kappa shape index (κ3) is 5.05. The Labute approximate surface area is 167 Å². The van der Waals surface area contributed by atoms with Crippen molar-refractivity contribution in [3.63, 3.8) is 0 Å². The number of thiophene rings is 1. The van der Waals surface area contributed by atoms with E-state index in [0.29, 0.717) is 15.5 Å². The van der Waals surface area contributed by atoms with Crippen LogP contribution in [0.15, 0.2) is 65.0 Å². The molecule has 0 atom stereocenters. The van der Waals surface area contributed by atoms with E-state index in [1.807, 2.05) is 0 Å². The van der Waals surface area contributed by atoms with Crippen molar-refractivity contribution in [2.45, 2.75) is 4.90 Å². The van der Waals surface area contributed by atoms with Crippen molar-refractivity contribution in [2.75, 3.05) is 0 Å². The van der Waals surface area contributed by atoms with Crippen LogP contribution in [0.5, 0.6) is 11.6 Å². The third-order valence-corrected chi connectivity index (χ3v) is 4.85. The summed E-state index contributed by atoms with van der Waals surface area (Å²) < 4.78 is 7.97. The minimum absolute atomic E-state index is 0.137. The second kappa shape index (κ2) is 8.97. The molecular weight excluding hydrogens is 404 g/mol. The van der Waals surface area contributed by atoms with E-state index in [-0.39, 0.29) is 11.6 Å². The number of nitrogens with one attached hydrogen (secondary N) is 2. The topological polar surface area (TPSA) is 123 Å². The van der Waals surface area contributed by atoms with Gasteiger partial charge in [0.05, 0.1) is 9.80 Å². The van der Waals surface area contributed by atoms with Gasteiger partial charge in [0.15, 0.2) is 0 Å². The zero-order chi connectivity index (χ0) is 19.9. The number of amides is 3. The van der Waals surface area contributed by atoms with Crippen molar-refractivity contribution in [1.82, 2.24) is 15.0 Å². The molecule has 3 aromatic rings. The predicted octanol–water partition coefficient (Wildman–Crippen LogP) is 3.99. The number of hydrogen-bond acceptors (Lipinski definition) is 8. The second-order valence-corrected chi connectivity index (χ2v) is 6.95. The molecule has 2 heterocycles. The van der Waals surface area contributed by atoms with E-state index in [9.17, 15) is 19.7 Å². The van der Waals surface area contributed by atoms with E-state index >= 15 is 0 Å². The van der Waals surface area contributed by atoms with Crippen LogP contribution in [-0.2, 0) is 0 Å². The lowest BCUT2D eigenvalue weighted by molar-refractivity contribution is -0.386. The maximum atomic E-state index is 11.8. The summed E-state index contributed by atoms with van der Waals surface area (Å²) in [7, 11) is 0. The first-order valence-electron chi connectivity index (χ1n) is 7.72. The summed E-state index contributed by atoms with van der Waals surface area (Å²) in [6, 6.07) is 11.9. The lowest BCUT2D eigenvalue weighted by Crippen LogP contribution is -2.35. The molecule has 0 fully saturated rings. The maximum absolute atomic E-state index is 11.8. The zero-order valence-electron chi connectivity index (χ0n) is 14.0. The number of aromatic nitrogens is 1. The number of nitro groups is 1. The first-order valence-corrected chi connectivity index (χ1v) is 9.41. The number of carbonyl (C=O) groups is 2. The van der Waals surface area contributed by atoms with Gasteiger partial charge in [0.25, 0.3) is 11.8 Å². The van der Waals surface area contributed by atoms with E-state index in [0.717, 1.165) is 11.9 Å². The highest BCUT2D eigenvalue weighted by Gasteiger charge is 2.16. The molecule has 0 unspecified atom stereocenters. The van der Waals surface area contributed by atoms with Crippen LogP contribution in [0.3, 0.4) is 0 Å². The highest BCUT2D eigenvalue weighted by atomic mass is 32.2. The molecule has 3 rings (SSSR count). The van der Waals surface area contributed by atoms with Gasteiger partial charge in [0.1, 0.15) is 5.75 Å². The van der Waals surface area contributed by atoms with Crippen LogP contribution in [0, 0.1) is 10.1 Å². The minimum atomic E-state index is -0.671. The largest absolute Gasteiger partial charge is 0.434 e. The molecule has 3 amide bonds. The Morgan fingerprint density at radius 2 is 2.04 bits per heavy atom. The van der Waals surface area contributed by atoms with Crippen molar-refractivity contribution >= 4 is 40.9 Å². The van der Waals surface area contributed by atoms with Crippen LogP contribution >= 0.6 is 23.3 Å². The molecule has 0 spiro atoms. The Kier molecular flexibility index (Phi) is 6.19. The van der Waals surface area contributed by atoms with Gasteiger partial charge in [-0.05, 0) is 47.7 Å². The Morgan fingerprint density at radius 1 is 1.18 bits per heavy atom. The van der Waals surface area contributed by atoms with Crippen molar-refractivity contribution < 1.29 is 19.2 Å². The molecule has 0 saturated carbocycles. The Morgan fingerprint density at radius 3 is 2.79 bits per heavy atom. The number of imide groups is 1. The quantitative estimate of drug-likeness (QED) is 0.354. The molecule has 0 radical (unpaired) electrons. The number of urea groups is 1. The van der Waals surface area contributed by atoms with Crippen molar-refractivity contribution in [3.05, 3.63) is 75.1 Å². The van der Waals surface area contributed by atoms with E-state index < -0.39 is 16.9 Å². The van der Waals surface area contributed by atoms with Gasteiger partial charge in [-0.1, -0.05) is 12.1 Å². The van der Waals surface area contributed by atoms with Gasteiger partial charge < -0.3 is 4.74 Å². The fraction of sp³-hybridized carbons (Fsp3) is 0. The normalized spacial score (nSPS) is 10.1. The van der Waals surface area contributed by atoms with Crippen LogP contribution < -0.4 is 14.8 Å². The van der Waals surface area contributed by atoms with Crippen molar-refractivity contribution in [2.24, 2.45) is 0 Å². The molecule has 0 saturated heterocycles. The summed E-state index contributed by atoms with van der Waals surface area (Å²) in [6.45, 7) is 0. The van der Waals surface area contributed by atoms with Crippen molar-refractivity contribution in [3.8, 4) is 11.6 Å². The molecule has 2 aromatic heterocycles. The van der Waals surface area contributed by atoms with Gasteiger partial charge in [-0.3, -0.25) is 24.9 Å². The summed E-state index contributed by atoms with van der Waals surface area (Å²) in [4.78, 5) is 39.0. The zero-order valence-corrected chi connectivity index (χ0v) is 15.7. The Hall–Kier alpha value is -3.44. The number of pyridine rings is 1. The maximum Gasteiger partial charge on any atom is 0.331 e. The van der Waals surface area contributed by atoms with E-state index in [4.69, 9.17) is 4.74 Å². The monoisotopic (exact) mass is 416 g/mol. The lowest BCUT2D eigenvalue weighted by atomic mass is 10.3. The summed E-state index contributed by atoms with van der Waals surface area (Å²) in [5, 5.41) is 15.0. The summed E-state index contributed by atoms with van der Waals surface area (Å²) in [6.07, 6.45) is 1.39. The molecule has 0 aliphatic heterocycles. The molecule has 142 valence electrons. The summed E-state index contributed by atoms with van der Waals surface area (Å²) in [5.41, 5.74) is -0.259. The molecule has 9 nitrogen and oxygen atoms in total.